The molecule has 0 N–H and O–H groups in total. The van der Waals surface area contributed by atoms with Crippen molar-refractivity contribution < 1.29 is 9.53 Å². The number of carbonyl (C=O) groups excluding carboxylic acids is 1. The van der Waals surface area contributed by atoms with Gasteiger partial charge < -0.3 is 4.74 Å². The maximum atomic E-state index is 11.4. The maximum absolute atomic E-state index is 11.4. The molecule has 2 aromatic rings. The molecule has 3 heteroatoms. The number of carbonyl (C=O) groups is 1. The Bertz CT molecular complexity index is 562. The second-order valence-corrected chi connectivity index (χ2v) is 4.16. The van der Waals surface area contributed by atoms with Crippen molar-refractivity contribution in [1.29, 1.82) is 0 Å². The lowest BCUT2D eigenvalue weighted by molar-refractivity contribution is -0.133. The monoisotopic (exact) mass is 272 g/mol. The Hall–Kier alpha value is -2.06. The molecule has 0 saturated heterocycles. The molecule has 0 radical (unpaired) electrons. The minimum Gasteiger partial charge on any atom is -0.425 e. The van der Waals surface area contributed by atoms with Crippen molar-refractivity contribution in [2.24, 2.45) is 0 Å². The van der Waals surface area contributed by atoms with Gasteiger partial charge in [0.1, 0.15) is 11.6 Å². The zero-order valence-corrected chi connectivity index (χ0v) is 11.0. The SMILES string of the molecule is O=C(CCl)OC(=Cc1ccccc1)c1ccccc1. The van der Waals surface area contributed by atoms with Crippen LogP contribution in [0.15, 0.2) is 60.7 Å². The zero-order chi connectivity index (χ0) is 13.5. The van der Waals surface area contributed by atoms with E-state index in [0.717, 1.165) is 11.1 Å². The van der Waals surface area contributed by atoms with E-state index < -0.39 is 5.97 Å². The van der Waals surface area contributed by atoms with Crippen LogP contribution >= 0.6 is 11.6 Å². The van der Waals surface area contributed by atoms with Crippen LogP contribution in [-0.2, 0) is 9.53 Å². The molecular weight excluding hydrogens is 260 g/mol. The lowest BCUT2D eigenvalue weighted by Gasteiger charge is -2.08. The number of benzene rings is 2. The van der Waals surface area contributed by atoms with E-state index in [1.807, 2.05) is 66.7 Å². The highest BCUT2D eigenvalue weighted by Gasteiger charge is 2.08. The van der Waals surface area contributed by atoms with Crippen molar-refractivity contribution in [2.45, 2.75) is 0 Å². The van der Waals surface area contributed by atoms with Gasteiger partial charge in [-0.1, -0.05) is 60.7 Å². The molecule has 2 rings (SSSR count). The molecule has 0 atom stereocenters. The number of hydrogen-bond donors (Lipinski definition) is 0. The van der Waals surface area contributed by atoms with Crippen LogP contribution < -0.4 is 0 Å². The topological polar surface area (TPSA) is 26.3 Å². The molecule has 0 aliphatic carbocycles. The largest absolute Gasteiger partial charge is 0.425 e. The van der Waals surface area contributed by atoms with Gasteiger partial charge in [0.25, 0.3) is 0 Å². The molecule has 0 spiro atoms. The van der Waals surface area contributed by atoms with Crippen LogP contribution in [0.5, 0.6) is 0 Å². The van der Waals surface area contributed by atoms with Gasteiger partial charge in [0, 0.05) is 5.56 Å². The predicted octanol–water partition coefficient (Wildman–Crippen LogP) is 3.97. The Kier molecular flexibility index (Phi) is 4.76. The molecular formula is C16H13ClO2. The summed E-state index contributed by atoms with van der Waals surface area (Å²) >= 11 is 5.48. The summed E-state index contributed by atoms with van der Waals surface area (Å²) in [6.07, 6.45) is 1.82. The van der Waals surface area contributed by atoms with Gasteiger partial charge in [0.2, 0.25) is 0 Å². The molecule has 0 aromatic heterocycles. The Morgan fingerprint density at radius 2 is 1.58 bits per heavy atom. The fourth-order valence-corrected chi connectivity index (χ4v) is 1.68. The van der Waals surface area contributed by atoms with E-state index in [0.29, 0.717) is 5.76 Å². The van der Waals surface area contributed by atoms with Crippen molar-refractivity contribution in [3.05, 3.63) is 71.8 Å². The number of alkyl halides is 1. The molecule has 19 heavy (non-hydrogen) atoms. The van der Waals surface area contributed by atoms with Crippen molar-refractivity contribution in [3.8, 4) is 0 Å². The van der Waals surface area contributed by atoms with E-state index in [9.17, 15) is 4.79 Å². The summed E-state index contributed by atoms with van der Waals surface area (Å²) in [7, 11) is 0. The van der Waals surface area contributed by atoms with Gasteiger partial charge in [0.05, 0.1) is 0 Å². The molecule has 2 nitrogen and oxygen atoms in total. The van der Waals surface area contributed by atoms with Crippen LogP contribution in [0, 0.1) is 0 Å². The summed E-state index contributed by atoms with van der Waals surface area (Å²) in [5.41, 5.74) is 1.80. The Balaban J connectivity index is 2.35. The number of halogens is 1. The summed E-state index contributed by atoms with van der Waals surface area (Å²) < 4.78 is 5.28. The number of rotatable bonds is 4. The number of hydrogen-bond acceptors (Lipinski definition) is 2. The first-order valence-electron chi connectivity index (χ1n) is 5.88. The van der Waals surface area contributed by atoms with E-state index in [4.69, 9.17) is 16.3 Å². The fraction of sp³-hybridized carbons (Fsp3) is 0.0625. The van der Waals surface area contributed by atoms with Gasteiger partial charge in [-0.15, -0.1) is 11.6 Å². The van der Waals surface area contributed by atoms with Gasteiger partial charge >= 0.3 is 5.97 Å². The van der Waals surface area contributed by atoms with E-state index in [1.54, 1.807) is 0 Å². The van der Waals surface area contributed by atoms with Crippen molar-refractivity contribution in [1.82, 2.24) is 0 Å². The van der Waals surface area contributed by atoms with Gasteiger partial charge in [0.15, 0.2) is 0 Å². The molecule has 0 heterocycles. The highest BCUT2D eigenvalue weighted by Crippen LogP contribution is 2.19. The van der Waals surface area contributed by atoms with E-state index in [1.165, 1.54) is 0 Å². The summed E-state index contributed by atoms with van der Waals surface area (Å²) in [5, 5.41) is 0. The predicted molar refractivity (Wildman–Crippen MR) is 77.6 cm³/mol. The van der Waals surface area contributed by atoms with Crippen LogP contribution in [0.25, 0.3) is 11.8 Å². The van der Waals surface area contributed by atoms with Crippen LogP contribution in [-0.4, -0.2) is 11.8 Å². The average Bonchev–Trinajstić information content (AvgIpc) is 2.48. The first-order valence-corrected chi connectivity index (χ1v) is 6.42. The number of esters is 1. The Labute approximate surface area is 117 Å². The highest BCUT2D eigenvalue weighted by molar-refractivity contribution is 6.26. The van der Waals surface area contributed by atoms with Crippen LogP contribution in [0.3, 0.4) is 0 Å². The third-order valence-corrected chi connectivity index (χ3v) is 2.71. The molecule has 0 aliphatic heterocycles. The van der Waals surface area contributed by atoms with Gasteiger partial charge in [-0.3, -0.25) is 4.79 Å². The van der Waals surface area contributed by atoms with Crippen LogP contribution in [0.4, 0.5) is 0 Å². The van der Waals surface area contributed by atoms with Crippen molar-refractivity contribution in [3.63, 3.8) is 0 Å². The Morgan fingerprint density at radius 3 is 2.16 bits per heavy atom. The van der Waals surface area contributed by atoms with E-state index >= 15 is 0 Å². The van der Waals surface area contributed by atoms with Gasteiger partial charge in [-0.2, -0.15) is 0 Å². The minimum absolute atomic E-state index is 0.168. The first kappa shape index (κ1) is 13.4. The third kappa shape index (κ3) is 3.97. The molecule has 0 unspecified atom stereocenters. The van der Waals surface area contributed by atoms with Crippen molar-refractivity contribution >= 4 is 29.4 Å². The van der Waals surface area contributed by atoms with Gasteiger partial charge in [-0.25, -0.2) is 0 Å². The smallest absolute Gasteiger partial charge is 0.326 e. The van der Waals surface area contributed by atoms with E-state index in [-0.39, 0.29) is 5.88 Å². The summed E-state index contributed by atoms with van der Waals surface area (Å²) in [4.78, 5) is 11.4. The zero-order valence-electron chi connectivity index (χ0n) is 10.3. The third-order valence-electron chi connectivity index (χ3n) is 2.49. The molecule has 0 bridgehead atoms. The summed E-state index contributed by atoms with van der Waals surface area (Å²) in [6.45, 7) is 0. The first-order chi connectivity index (χ1) is 9.29. The molecule has 0 fully saturated rings. The lowest BCUT2D eigenvalue weighted by Crippen LogP contribution is -2.04. The van der Waals surface area contributed by atoms with Gasteiger partial charge in [-0.05, 0) is 11.6 Å². The second kappa shape index (κ2) is 6.76. The highest BCUT2D eigenvalue weighted by atomic mass is 35.5. The standard InChI is InChI=1S/C16H13ClO2/c17-12-16(18)19-15(14-9-5-2-6-10-14)11-13-7-3-1-4-8-13/h1-11H,12H2. The lowest BCUT2D eigenvalue weighted by atomic mass is 10.1. The van der Waals surface area contributed by atoms with E-state index in [2.05, 4.69) is 0 Å². The summed E-state index contributed by atoms with van der Waals surface area (Å²) in [6, 6.07) is 19.1. The normalized spacial score (nSPS) is 11.1. The van der Waals surface area contributed by atoms with Crippen LogP contribution in [0.1, 0.15) is 11.1 Å². The maximum Gasteiger partial charge on any atom is 0.326 e. The molecule has 0 aliphatic rings. The van der Waals surface area contributed by atoms with Crippen molar-refractivity contribution in [2.75, 3.05) is 5.88 Å². The quantitative estimate of drug-likeness (QED) is 0.364. The number of ether oxygens (including phenoxy) is 1. The fourth-order valence-electron chi connectivity index (χ4n) is 1.62. The molecule has 2 aromatic carbocycles. The second-order valence-electron chi connectivity index (χ2n) is 3.89. The average molecular weight is 273 g/mol. The Morgan fingerprint density at radius 1 is 1.00 bits per heavy atom. The molecule has 0 saturated carbocycles. The molecule has 0 amide bonds. The molecule has 96 valence electrons. The van der Waals surface area contributed by atoms with Crippen LogP contribution in [0.2, 0.25) is 0 Å². The summed E-state index contributed by atoms with van der Waals surface area (Å²) in [5.74, 6) is -0.135. The minimum atomic E-state index is -0.465.